The number of anilines is 1. The van der Waals surface area contributed by atoms with Gasteiger partial charge in [0.1, 0.15) is 11.4 Å². The summed E-state index contributed by atoms with van der Waals surface area (Å²) in [6.45, 7) is -0.682. The van der Waals surface area contributed by atoms with Gasteiger partial charge in [-0.15, -0.1) is 0 Å². The average molecular weight is 403 g/mol. The van der Waals surface area contributed by atoms with Gasteiger partial charge in [-0.1, -0.05) is 30.3 Å². The monoisotopic (exact) mass is 403 g/mol. The van der Waals surface area contributed by atoms with Crippen molar-refractivity contribution in [1.29, 1.82) is 0 Å². The predicted molar refractivity (Wildman–Crippen MR) is 100 cm³/mol. The lowest BCUT2D eigenvalue weighted by molar-refractivity contribution is 0.121. The number of nitrogens with zero attached hydrogens (tertiary/aromatic N) is 4. The van der Waals surface area contributed by atoms with Crippen molar-refractivity contribution in [3.8, 4) is 5.69 Å². The van der Waals surface area contributed by atoms with E-state index in [0.717, 1.165) is 28.3 Å². The van der Waals surface area contributed by atoms with Crippen LogP contribution in [0.15, 0.2) is 71.9 Å². The van der Waals surface area contributed by atoms with Crippen LogP contribution in [0.3, 0.4) is 0 Å². The summed E-state index contributed by atoms with van der Waals surface area (Å²) in [7, 11) is -4.07. The Bertz CT molecular complexity index is 1220. The molecule has 4 rings (SSSR count). The van der Waals surface area contributed by atoms with Crippen LogP contribution in [-0.4, -0.2) is 34.2 Å². The van der Waals surface area contributed by atoms with Gasteiger partial charge in [-0.25, -0.2) is 26.9 Å². The summed E-state index contributed by atoms with van der Waals surface area (Å²) < 4.78 is 55.5. The van der Waals surface area contributed by atoms with E-state index >= 15 is 0 Å². The molecule has 0 saturated heterocycles. The lowest BCUT2D eigenvalue weighted by Crippen LogP contribution is -2.16. The highest BCUT2D eigenvalue weighted by atomic mass is 32.2. The van der Waals surface area contributed by atoms with E-state index in [4.69, 9.17) is 0 Å². The second-order valence-corrected chi connectivity index (χ2v) is 7.67. The molecule has 2 aromatic carbocycles. The van der Waals surface area contributed by atoms with Crippen LogP contribution in [0.1, 0.15) is 0 Å². The van der Waals surface area contributed by atoms with Crippen LogP contribution in [-0.2, 0) is 16.6 Å². The molecule has 0 amide bonds. The number of hydrogen-bond acceptors (Lipinski definition) is 4. The van der Waals surface area contributed by atoms with E-state index in [1.807, 2.05) is 42.5 Å². The minimum atomic E-state index is -4.07. The topological polar surface area (TPSA) is 81.8 Å². The Balaban J connectivity index is 1.76. The van der Waals surface area contributed by atoms with E-state index in [-0.39, 0.29) is 10.8 Å². The molecular formula is C18H15F2N5O2S. The number of sulfonamides is 1. The highest BCUT2D eigenvalue weighted by Gasteiger charge is 2.22. The van der Waals surface area contributed by atoms with Crippen molar-refractivity contribution < 1.29 is 17.2 Å². The molecule has 1 N–H and O–H groups in total. The second kappa shape index (κ2) is 7.04. The summed E-state index contributed by atoms with van der Waals surface area (Å²) in [6, 6.07) is 16.4. The molecule has 0 atom stereocenters. The van der Waals surface area contributed by atoms with Crippen molar-refractivity contribution in [1.82, 2.24) is 19.3 Å². The molecule has 2 aromatic heterocycles. The van der Waals surface area contributed by atoms with Crippen molar-refractivity contribution in [3.63, 3.8) is 0 Å². The molecule has 0 radical (unpaired) electrons. The Morgan fingerprint density at radius 2 is 1.75 bits per heavy atom. The molecule has 0 aliphatic rings. The Hall–Kier alpha value is -3.27. The fourth-order valence-corrected chi connectivity index (χ4v) is 3.78. The average Bonchev–Trinajstić information content (AvgIpc) is 3.26. The van der Waals surface area contributed by atoms with Gasteiger partial charge in [-0.3, -0.25) is 9.25 Å². The molecule has 7 nitrogen and oxygen atoms in total. The van der Waals surface area contributed by atoms with Crippen LogP contribution in [0.25, 0.3) is 16.7 Å². The lowest BCUT2D eigenvalue weighted by Gasteiger charge is -2.10. The fraction of sp³-hybridized carbons (Fsp3) is 0.111. The molecule has 2 heterocycles. The highest BCUT2D eigenvalue weighted by molar-refractivity contribution is 7.92. The van der Waals surface area contributed by atoms with Gasteiger partial charge >= 0.3 is 0 Å². The third-order valence-corrected chi connectivity index (χ3v) is 5.33. The first-order chi connectivity index (χ1) is 13.4. The SMILES string of the molecule is O=S(=O)(Nc1nc2ccccc2n1-c1ccccc1)c1cnn(CC(F)F)c1. The first-order valence-electron chi connectivity index (χ1n) is 8.30. The van der Waals surface area contributed by atoms with Gasteiger partial charge in [0.25, 0.3) is 16.4 Å². The van der Waals surface area contributed by atoms with Crippen LogP contribution in [0, 0.1) is 0 Å². The Labute approximate surface area is 159 Å². The predicted octanol–water partition coefficient (Wildman–Crippen LogP) is 3.29. The molecule has 0 aliphatic carbocycles. The maximum absolute atomic E-state index is 12.8. The zero-order chi connectivity index (χ0) is 19.7. The number of rotatable bonds is 6. The van der Waals surface area contributed by atoms with Gasteiger partial charge < -0.3 is 0 Å². The van der Waals surface area contributed by atoms with E-state index in [2.05, 4.69) is 14.8 Å². The summed E-state index contributed by atoms with van der Waals surface area (Å²) in [6.07, 6.45) is -0.546. The van der Waals surface area contributed by atoms with E-state index in [1.54, 1.807) is 16.7 Å². The molecule has 28 heavy (non-hydrogen) atoms. The number of alkyl halides is 2. The van der Waals surface area contributed by atoms with Gasteiger partial charge in [0, 0.05) is 11.9 Å². The minimum absolute atomic E-state index is 0.0917. The smallest absolute Gasteiger partial charge is 0.267 e. The normalized spacial score (nSPS) is 12.0. The molecule has 10 heteroatoms. The zero-order valence-corrected chi connectivity index (χ0v) is 15.2. The van der Waals surface area contributed by atoms with Crippen molar-refractivity contribution >= 4 is 27.0 Å². The Kier molecular flexibility index (Phi) is 4.55. The minimum Gasteiger partial charge on any atom is -0.278 e. The number of nitrogens with one attached hydrogen (secondary N) is 1. The quantitative estimate of drug-likeness (QED) is 0.536. The van der Waals surface area contributed by atoms with Gasteiger partial charge in [0.2, 0.25) is 5.95 Å². The van der Waals surface area contributed by atoms with Crippen molar-refractivity contribution in [2.24, 2.45) is 0 Å². The molecule has 0 fully saturated rings. The number of aromatic nitrogens is 4. The van der Waals surface area contributed by atoms with Crippen molar-refractivity contribution in [2.45, 2.75) is 17.9 Å². The van der Waals surface area contributed by atoms with Gasteiger partial charge in [-0.05, 0) is 24.3 Å². The van der Waals surface area contributed by atoms with Gasteiger partial charge in [0.15, 0.2) is 0 Å². The third-order valence-electron chi connectivity index (χ3n) is 4.05. The summed E-state index contributed by atoms with van der Waals surface area (Å²) in [4.78, 5) is 4.16. The largest absolute Gasteiger partial charge is 0.278 e. The van der Waals surface area contributed by atoms with Crippen LogP contribution in [0.4, 0.5) is 14.7 Å². The Morgan fingerprint density at radius 1 is 1.04 bits per heavy atom. The maximum Gasteiger partial charge on any atom is 0.267 e. The van der Waals surface area contributed by atoms with Crippen molar-refractivity contribution in [3.05, 3.63) is 67.0 Å². The zero-order valence-electron chi connectivity index (χ0n) is 14.4. The molecule has 144 valence electrons. The number of benzene rings is 2. The molecule has 0 unspecified atom stereocenters. The molecule has 0 spiro atoms. The van der Waals surface area contributed by atoms with E-state index < -0.39 is 23.0 Å². The summed E-state index contributed by atoms with van der Waals surface area (Å²) in [5.74, 6) is 0.0917. The fourth-order valence-electron chi connectivity index (χ4n) is 2.84. The van der Waals surface area contributed by atoms with Crippen LogP contribution < -0.4 is 4.72 Å². The standard InChI is InChI=1S/C18H15F2N5O2S/c19-17(20)12-24-11-14(10-21-24)28(26,27)23-18-22-15-8-4-5-9-16(15)25(18)13-6-2-1-3-7-13/h1-11,17H,12H2,(H,22,23). The molecule has 0 saturated carbocycles. The lowest BCUT2D eigenvalue weighted by atomic mass is 10.3. The van der Waals surface area contributed by atoms with E-state index in [1.165, 1.54) is 0 Å². The van der Waals surface area contributed by atoms with Crippen LogP contribution >= 0.6 is 0 Å². The first-order valence-corrected chi connectivity index (χ1v) is 9.79. The third kappa shape index (κ3) is 3.46. The summed E-state index contributed by atoms with van der Waals surface area (Å²) in [5, 5.41) is 3.68. The number of imidazole rings is 1. The molecule has 0 bridgehead atoms. The van der Waals surface area contributed by atoms with E-state index in [9.17, 15) is 17.2 Å². The Morgan fingerprint density at radius 3 is 2.50 bits per heavy atom. The summed E-state index contributed by atoms with van der Waals surface area (Å²) >= 11 is 0. The van der Waals surface area contributed by atoms with Gasteiger partial charge in [0.05, 0.1) is 17.2 Å². The maximum atomic E-state index is 12.8. The first kappa shape index (κ1) is 18.1. The highest BCUT2D eigenvalue weighted by Crippen LogP contribution is 2.26. The number of hydrogen-bond donors (Lipinski definition) is 1. The summed E-state index contributed by atoms with van der Waals surface area (Å²) in [5.41, 5.74) is 2.06. The number of fused-ring (bicyclic) bond motifs is 1. The van der Waals surface area contributed by atoms with Crippen LogP contribution in [0.5, 0.6) is 0 Å². The second-order valence-electron chi connectivity index (χ2n) is 5.99. The molecule has 0 aliphatic heterocycles. The molecule has 4 aromatic rings. The van der Waals surface area contributed by atoms with Crippen LogP contribution in [0.2, 0.25) is 0 Å². The van der Waals surface area contributed by atoms with Gasteiger partial charge in [-0.2, -0.15) is 5.10 Å². The number of halogens is 2. The van der Waals surface area contributed by atoms with Crippen molar-refractivity contribution in [2.75, 3.05) is 4.72 Å². The van der Waals surface area contributed by atoms with E-state index in [0.29, 0.717) is 5.52 Å². The molecular weight excluding hydrogens is 388 g/mol. The number of para-hydroxylation sites is 3.